The number of fused-ring (bicyclic) bond motifs is 2. The first kappa shape index (κ1) is 16.8. The van der Waals surface area contributed by atoms with E-state index in [1.54, 1.807) is 17.3 Å². The molecule has 2 aromatic rings. The number of nitrogens with zero attached hydrogens (tertiary/aromatic N) is 4. The number of methoxy groups -OCH3 is 1. The fourth-order valence-corrected chi connectivity index (χ4v) is 4.11. The summed E-state index contributed by atoms with van der Waals surface area (Å²) in [7, 11) is 1.52. The third-order valence-electron chi connectivity index (χ3n) is 5.36. The molecule has 2 aliphatic rings. The van der Waals surface area contributed by atoms with E-state index >= 15 is 0 Å². The summed E-state index contributed by atoms with van der Waals surface area (Å²) in [6.45, 7) is 1.71. The molecule has 0 bridgehead atoms. The Balaban J connectivity index is 1.59. The summed E-state index contributed by atoms with van der Waals surface area (Å²) < 4.78 is 9.84. The molecule has 0 atom stereocenters. The minimum Gasteiger partial charge on any atom is -0.375 e. The molecule has 1 N–H and O–H groups in total. The van der Waals surface area contributed by atoms with Gasteiger partial charge in [0, 0.05) is 44.9 Å². The molecule has 1 saturated heterocycles. The largest absolute Gasteiger partial charge is 0.375 e. The van der Waals surface area contributed by atoms with Gasteiger partial charge >= 0.3 is 0 Å². The van der Waals surface area contributed by atoms with Crippen molar-refractivity contribution in [1.29, 1.82) is 0 Å². The first-order valence-electron chi connectivity index (χ1n) is 8.67. The number of carbonyl (C=O) groups excluding carboxylic acids is 2. The number of ether oxygens (including phenoxy) is 1. The number of hydrogen-bond donors (Lipinski definition) is 1. The molecule has 2 amide bonds. The topological polar surface area (TPSA) is 105 Å². The summed E-state index contributed by atoms with van der Waals surface area (Å²) in [5, 5.41) is 3.73. The van der Waals surface area contributed by atoms with E-state index in [0.717, 1.165) is 17.8 Å². The molecule has 138 valence electrons. The molecule has 0 radical (unpaired) electrons. The molecule has 1 fully saturated rings. The van der Waals surface area contributed by atoms with Gasteiger partial charge in [-0.25, -0.2) is 4.98 Å². The monoisotopic (exact) mass is 359 g/mol. The number of H-pyrrole nitrogens is 1. The van der Waals surface area contributed by atoms with Crippen molar-refractivity contribution in [2.45, 2.75) is 24.8 Å². The van der Waals surface area contributed by atoms with E-state index in [4.69, 9.17) is 9.26 Å². The summed E-state index contributed by atoms with van der Waals surface area (Å²) in [6, 6.07) is 1.56. The highest BCUT2D eigenvalue weighted by atomic mass is 16.5. The van der Waals surface area contributed by atoms with Crippen LogP contribution in [-0.4, -0.2) is 70.1 Å². The lowest BCUT2D eigenvalue weighted by molar-refractivity contribution is -0.145. The molecule has 0 aromatic carbocycles. The van der Waals surface area contributed by atoms with E-state index in [9.17, 15) is 9.59 Å². The van der Waals surface area contributed by atoms with Crippen molar-refractivity contribution in [3.05, 3.63) is 35.7 Å². The molecule has 4 rings (SSSR count). The highest BCUT2D eigenvalue weighted by molar-refractivity contribution is 5.92. The van der Waals surface area contributed by atoms with Gasteiger partial charge in [-0.3, -0.25) is 9.59 Å². The first-order valence-corrected chi connectivity index (χ1v) is 8.67. The van der Waals surface area contributed by atoms with Crippen LogP contribution in [0.15, 0.2) is 23.2 Å². The molecule has 4 heterocycles. The number of aromatic nitrogens is 3. The summed E-state index contributed by atoms with van der Waals surface area (Å²) in [5.74, 6) is -0.196. The van der Waals surface area contributed by atoms with E-state index < -0.39 is 5.54 Å². The molecule has 2 aromatic heterocycles. The molecule has 9 nitrogen and oxygen atoms in total. The lowest BCUT2D eigenvalue weighted by Gasteiger charge is -2.50. The van der Waals surface area contributed by atoms with Crippen molar-refractivity contribution in [1.82, 2.24) is 24.9 Å². The van der Waals surface area contributed by atoms with Crippen molar-refractivity contribution in [2.75, 3.05) is 33.4 Å². The van der Waals surface area contributed by atoms with Crippen molar-refractivity contribution < 1.29 is 18.8 Å². The van der Waals surface area contributed by atoms with Gasteiger partial charge in [-0.1, -0.05) is 5.16 Å². The quantitative estimate of drug-likeness (QED) is 0.859. The second-order valence-electron chi connectivity index (χ2n) is 6.67. The number of rotatable bonds is 3. The Morgan fingerprint density at radius 3 is 2.85 bits per heavy atom. The van der Waals surface area contributed by atoms with Crippen molar-refractivity contribution in [2.24, 2.45) is 0 Å². The van der Waals surface area contributed by atoms with Crippen LogP contribution in [0, 0.1) is 0 Å². The Labute approximate surface area is 150 Å². The Morgan fingerprint density at radius 2 is 2.15 bits per heavy atom. The number of amides is 2. The Bertz CT molecular complexity index is 792. The van der Waals surface area contributed by atoms with Crippen LogP contribution < -0.4 is 0 Å². The fraction of sp³-hybridized carbons (Fsp3) is 0.529. The van der Waals surface area contributed by atoms with Crippen LogP contribution >= 0.6 is 0 Å². The second kappa shape index (κ2) is 6.56. The third-order valence-corrected chi connectivity index (χ3v) is 5.36. The Kier molecular flexibility index (Phi) is 4.23. The van der Waals surface area contributed by atoms with Crippen LogP contribution in [0.4, 0.5) is 0 Å². The van der Waals surface area contributed by atoms with Crippen LogP contribution in [-0.2, 0) is 21.5 Å². The standard InChI is InChI=1S/C17H21N5O4/c1-25-10-14(23)22-6-2-12-15(19-11-18-12)17(22)4-7-21(8-5-17)16(24)13-3-9-26-20-13/h3,9,11H,2,4-8,10H2,1H3,(H,18,19). The highest BCUT2D eigenvalue weighted by Gasteiger charge is 2.49. The van der Waals surface area contributed by atoms with Crippen LogP contribution in [0.3, 0.4) is 0 Å². The van der Waals surface area contributed by atoms with Crippen LogP contribution in [0.1, 0.15) is 34.7 Å². The average Bonchev–Trinajstić information content (AvgIpc) is 3.34. The van der Waals surface area contributed by atoms with Crippen LogP contribution in [0.2, 0.25) is 0 Å². The summed E-state index contributed by atoms with van der Waals surface area (Å²) >= 11 is 0. The molecule has 1 spiro atoms. The minimum atomic E-state index is -0.496. The minimum absolute atomic E-state index is 0.0440. The zero-order valence-corrected chi connectivity index (χ0v) is 14.6. The zero-order chi connectivity index (χ0) is 18.1. The average molecular weight is 359 g/mol. The molecule has 26 heavy (non-hydrogen) atoms. The van der Waals surface area contributed by atoms with Gasteiger partial charge in [-0.2, -0.15) is 0 Å². The molecule has 0 aliphatic carbocycles. The molecular formula is C17H21N5O4. The lowest BCUT2D eigenvalue weighted by Crippen LogP contribution is -2.59. The van der Waals surface area contributed by atoms with E-state index in [2.05, 4.69) is 15.1 Å². The predicted molar refractivity (Wildman–Crippen MR) is 89.2 cm³/mol. The number of hydrogen-bond acceptors (Lipinski definition) is 6. The number of piperidine rings is 1. The number of aromatic amines is 1. The van der Waals surface area contributed by atoms with Gasteiger partial charge in [0.25, 0.3) is 5.91 Å². The van der Waals surface area contributed by atoms with Gasteiger partial charge in [-0.05, 0) is 12.8 Å². The summed E-state index contributed by atoms with van der Waals surface area (Å²) in [5.41, 5.74) is 1.80. The normalized spacial score (nSPS) is 18.8. The summed E-state index contributed by atoms with van der Waals surface area (Å²) in [4.78, 5) is 36.6. The van der Waals surface area contributed by atoms with Crippen LogP contribution in [0.25, 0.3) is 0 Å². The number of nitrogens with one attached hydrogen (secondary N) is 1. The maximum Gasteiger partial charge on any atom is 0.276 e. The van der Waals surface area contributed by atoms with E-state index in [1.165, 1.54) is 13.4 Å². The maximum absolute atomic E-state index is 12.7. The van der Waals surface area contributed by atoms with Crippen molar-refractivity contribution >= 4 is 11.8 Å². The fourth-order valence-electron chi connectivity index (χ4n) is 4.11. The maximum atomic E-state index is 12.7. The molecule has 2 aliphatic heterocycles. The van der Waals surface area contributed by atoms with Crippen LogP contribution in [0.5, 0.6) is 0 Å². The van der Waals surface area contributed by atoms with Gasteiger partial charge in [0.05, 0.1) is 17.6 Å². The van der Waals surface area contributed by atoms with Gasteiger partial charge in [0.2, 0.25) is 5.91 Å². The van der Waals surface area contributed by atoms with Gasteiger partial charge in [0.1, 0.15) is 12.9 Å². The second-order valence-corrected chi connectivity index (χ2v) is 6.67. The molecule has 9 heteroatoms. The number of carbonyl (C=O) groups is 2. The predicted octanol–water partition coefficient (Wildman–Crippen LogP) is 0.560. The molecular weight excluding hydrogens is 338 g/mol. The lowest BCUT2D eigenvalue weighted by atomic mass is 9.78. The number of likely N-dealkylation sites (tertiary alicyclic amines) is 1. The van der Waals surface area contributed by atoms with Crippen molar-refractivity contribution in [3.63, 3.8) is 0 Å². The van der Waals surface area contributed by atoms with E-state index in [1.807, 2.05) is 4.90 Å². The first-order chi connectivity index (χ1) is 12.7. The number of imidazole rings is 1. The Hall–Kier alpha value is -2.68. The molecule has 0 unspecified atom stereocenters. The van der Waals surface area contributed by atoms with Gasteiger partial charge in [0.15, 0.2) is 5.69 Å². The van der Waals surface area contributed by atoms with E-state index in [0.29, 0.717) is 38.2 Å². The zero-order valence-electron chi connectivity index (χ0n) is 14.6. The van der Waals surface area contributed by atoms with Gasteiger partial charge in [-0.15, -0.1) is 0 Å². The smallest absolute Gasteiger partial charge is 0.276 e. The summed E-state index contributed by atoms with van der Waals surface area (Å²) in [6.07, 6.45) is 5.08. The molecule has 0 saturated carbocycles. The van der Waals surface area contributed by atoms with E-state index in [-0.39, 0.29) is 18.4 Å². The Morgan fingerprint density at radius 1 is 1.35 bits per heavy atom. The highest BCUT2D eigenvalue weighted by Crippen LogP contribution is 2.42. The van der Waals surface area contributed by atoms with Gasteiger partial charge < -0.3 is 24.0 Å². The SMILES string of the molecule is COCC(=O)N1CCc2[nH]cnc2C12CCN(C(=O)c1ccon1)CC2. The third kappa shape index (κ3) is 2.59. The van der Waals surface area contributed by atoms with Crippen molar-refractivity contribution in [3.8, 4) is 0 Å².